The SMILES string of the molecule is COc1ccc(NC(=O)c2cccnc2)cc1OC(F)F. The summed E-state index contributed by atoms with van der Waals surface area (Å²) in [7, 11) is 1.33. The molecule has 1 amide bonds. The van der Waals surface area contributed by atoms with Crippen molar-refractivity contribution in [2.45, 2.75) is 6.61 Å². The highest BCUT2D eigenvalue weighted by molar-refractivity contribution is 6.04. The Labute approximate surface area is 119 Å². The molecule has 0 spiro atoms. The number of halogens is 2. The standard InChI is InChI=1S/C14H12F2N2O3/c1-20-11-5-4-10(7-12(11)21-14(15)16)18-13(19)9-3-2-6-17-8-9/h2-8,14H,1H3,(H,18,19). The summed E-state index contributed by atoms with van der Waals surface area (Å²) in [6.07, 6.45) is 2.94. The summed E-state index contributed by atoms with van der Waals surface area (Å²) in [5.74, 6) is -0.414. The number of anilines is 1. The zero-order valence-electron chi connectivity index (χ0n) is 11.0. The largest absolute Gasteiger partial charge is 0.493 e. The first kappa shape index (κ1) is 14.7. The van der Waals surface area contributed by atoms with Gasteiger partial charge in [0, 0.05) is 24.1 Å². The summed E-state index contributed by atoms with van der Waals surface area (Å²) in [6.45, 7) is -2.98. The van der Waals surface area contributed by atoms with Crippen LogP contribution in [0.25, 0.3) is 0 Å². The van der Waals surface area contributed by atoms with Crippen LogP contribution in [0.1, 0.15) is 10.4 Å². The average molecular weight is 294 g/mol. The number of carbonyl (C=O) groups is 1. The molecule has 0 bridgehead atoms. The molecule has 7 heteroatoms. The van der Waals surface area contributed by atoms with Gasteiger partial charge in [0.1, 0.15) is 0 Å². The Bertz CT molecular complexity index is 621. The van der Waals surface area contributed by atoms with Crippen molar-refractivity contribution in [1.29, 1.82) is 0 Å². The van der Waals surface area contributed by atoms with E-state index in [1.54, 1.807) is 18.3 Å². The van der Waals surface area contributed by atoms with E-state index in [1.807, 2.05) is 0 Å². The van der Waals surface area contributed by atoms with E-state index in [-0.39, 0.29) is 11.5 Å². The van der Waals surface area contributed by atoms with Crippen LogP contribution < -0.4 is 14.8 Å². The molecule has 0 aliphatic heterocycles. The fourth-order valence-electron chi connectivity index (χ4n) is 1.64. The van der Waals surface area contributed by atoms with Gasteiger partial charge in [0.05, 0.1) is 12.7 Å². The third kappa shape index (κ3) is 3.88. The van der Waals surface area contributed by atoms with E-state index in [0.29, 0.717) is 11.3 Å². The van der Waals surface area contributed by atoms with Gasteiger partial charge in [-0.05, 0) is 24.3 Å². The molecule has 1 N–H and O–H groups in total. The highest BCUT2D eigenvalue weighted by atomic mass is 19.3. The zero-order chi connectivity index (χ0) is 15.2. The molecule has 21 heavy (non-hydrogen) atoms. The van der Waals surface area contributed by atoms with Crippen LogP contribution in [0.15, 0.2) is 42.7 Å². The Morgan fingerprint density at radius 1 is 1.29 bits per heavy atom. The second-order valence-electron chi connectivity index (χ2n) is 3.94. The van der Waals surface area contributed by atoms with Crippen LogP contribution in [0.5, 0.6) is 11.5 Å². The number of hydrogen-bond acceptors (Lipinski definition) is 4. The molecule has 0 unspecified atom stereocenters. The normalized spacial score (nSPS) is 10.3. The van der Waals surface area contributed by atoms with E-state index in [2.05, 4.69) is 15.0 Å². The monoisotopic (exact) mass is 294 g/mol. The van der Waals surface area contributed by atoms with Gasteiger partial charge in [0.25, 0.3) is 5.91 Å². The van der Waals surface area contributed by atoms with Crippen molar-refractivity contribution in [2.75, 3.05) is 12.4 Å². The number of carbonyl (C=O) groups excluding carboxylic acids is 1. The third-order valence-electron chi connectivity index (χ3n) is 2.56. The number of amides is 1. The van der Waals surface area contributed by atoms with E-state index in [9.17, 15) is 13.6 Å². The van der Waals surface area contributed by atoms with E-state index in [4.69, 9.17) is 4.74 Å². The van der Waals surface area contributed by atoms with Gasteiger partial charge in [-0.2, -0.15) is 8.78 Å². The van der Waals surface area contributed by atoms with Crippen molar-refractivity contribution in [2.24, 2.45) is 0 Å². The van der Waals surface area contributed by atoms with Gasteiger partial charge in [-0.25, -0.2) is 0 Å². The minimum Gasteiger partial charge on any atom is -0.493 e. The highest BCUT2D eigenvalue weighted by Crippen LogP contribution is 2.31. The zero-order valence-corrected chi connectivity index (χ0v) is 11.0. The molecule has 5 nitrogen and oxygen atoms in total. The van der Waals surface area contributed by atoms with E-state index in [0.717, 1.165) is 0 Å². The molecule has 2 aromatic rings. The molecule has 110 valence electrons. The van der Waals surface area contributed by atoms with Crippen molar-refractivity contribution in [3.8, 4) is 11.5 Å². The number of nitrogens with one attached hydrogen (secondary N) is 1. The number of rotatable bonds is 5. The van der Waals surface area contributed by atoms with Crippen LogP contribution in [-0.4, -0.2) is 24.6 Å². The smallest absolute Gasteiger partial charge is 0.387 e. The van der Waals surface area contributed by atoms with E-state index < -0.39 is 12.5 Å². The summed E-state index contributed by atoms with van der Waals surface area (Å²) in [5, 5.41) is 2.56. The van der Waals surface area contributed by atoms with Gasteiger partial charge in [-0.3, -0.25) is 9.78 Å². The molecule has 0 fully saturated rings. The van der Waals surface area contributed by atoms with Crippen molar-refractivity contribution < 1.29 is 23.0 Å². The lowest BCUT2D eigenvalue weighted by molar-refractivity contribution is -0.0511. The lowest BCUT2D eigenvalue weighted by Gasteiger charge is -2.12. The number of pyridine rings is 1. The van der Waals surface area contributed by atoms with Crippen LogP contribution in [0.3, 0.4) is 0 Å². The third-order valence-corrected chi connectivity index (χ3v) is 2.56. The summed E-state index contributed by atoms with van der Waals surface area (Å²) < 4.78 is 33.9. The molecule has 0 radical (unpaired) electrons. The lowest BCUT2D eigenvalue weighted by atomic mass is 10.2. The maximum atomic E-state index is 12.3. The molecule has 0 aliphatic carbocycles. The number of benzene rings is 1. The predicted molar refractivity (Wildman–Crippen MR) is 71.8 cm³/mol. The molecular formula is C14H12F2N2O3. The number of ether oxygens (including phenoxy) is 2. The first-order chi connectivity index (χ1) is 10.1. The molecule has 0 atom stereocenters. The number of nitrogens with zero attached hydrogens (tertiary/aromatic N) is 1. The van der Waals surface area contributed by atoms with Crippen LogP contribution >= 0.6 is 0 Å². The fourth-order valence-corrected chi connectivity index (χ4v) is 1.64. The Kier molecular flexibility index (Phi) is 4.65. The van der Waals surface area contributed by atoms with Crippen molar-refractivity contribution in [3.05, 3.63) is 48.3 Å². The first-order valence-corrected chi connectivity index (χ1v) is 5.94. The van der Waals surface area contributed by atoms with Gasteiger partial charge < -0.3 is 14.8 Å². The van der Waals surface area contributed by atoms with Gasteiger partial charge in [0.2, 0.25) is 0 Å². The number of aromatic nitrogens is 1. The number of alkyl halides is 2. The van der Waals surface area contributed by atoms with Gasteiger partial charge in [-0.1, -0.05) is 0 Å². The van der Waals surface area contributed by atoms with Gasteiger partial charge in [-0.15, -0.1) is 0 Å². The van der Waals surface area contributed by atoms with Gasteiger partial charge >= 0.3 is 6.61 Å². The number of methoxy groups -OCH3 is 1. The Balaban J connectivity index is 2.19. The predicted octanol–water partition coefficient (Wildman–Crippen LogP) is 2.94. The Hall–Kier alpha value is -2.70. The van der Waals surface area contributed by atoms with Gasteiger partial charge in [0.15, 0.2) is 11.5 Å². The molecule has 0 saturated carbocycles. The van der Waals surface area contributed by atoms with Crippen LogP contribution in [0, 0.1) is 0 Å². The average Bonchev–Trinajstić information content (AvgIpc) is 2.48. The first-order valence-electron chi connectivity index (χ1n) is 5.94. The van der Waals surface area contributed by atoms with E-state index in [1.165, 1.54) is 31.5 Å². The topological polar surface area (TPSA) is 60.5 Å². The van der Waals surface area contributed by atoms with Crippen molar-refractivity contribution in [3.63, 3.8) is 0 Å². The molecule has 0 saturated heterocycles. The molecule has 1 heterocycles. The van der Waals surface area contributed by atoms with Crippen molar-refractivity contribution >= 4 is 11.6 Å². The summed E-state index contributed by atoms with van der Waals surface area (Å²) in [4.78, 5) is 15.8. The maximum absolute atomic E-state index is 12.3. The van der Waals surface area contributed by atoms with E-state index >= 15 is 0 Å². The second-order valence-corrected chi connectivity index (χ2v) is 3.94. The molecule has 1 aromatic carbocycles. The Morgan fingerprint density at radius 2 is 2.10 bits per heavy atom. The minimum absolute atomic E-state index is 0.148. The summed E-state index contributed by atoms with van der Waals surface area (Å²) in [6, 6.07) is 7.41. The summed E-state index contributed by atoms with van der Waals surface area (Å²) >= 11 is 0. The summed E-state index contributed by atoms with van der Waals surface area (Å²) in [5.41, 5.74) is 0.657. The van der Waals surface area contributed by atoms with Crippen molar-refractivity contribution in [1.82, 2.24) is 4.98 Å². The Morgan fingerprint density at radius 3 is 2.71 bits per heavy atom. The quantitative estimate of drug-likeness (QED) is 0.921. The lowest BCUT2D eigenvalue weighted by Crippen LogP contribution is -2.12. The molecule has 2 rings (SSSR count). The van der Waals surface area contributed by atoms with Crippen LogP contribution in [-0.2, 0) is 0 Å². The second kappa shape index (κ2) is 6.65. The minimum atomic E-state index is -2.98. The molecule has 1 aromatic heterocycles. The number of hydrogen-bond donors (Lipinski definition) is 1. The van der Waals surface area contributed by atoms with Crippen LogP contribution in [0.2, 0.25) is 0 Å². The highest BCUT2D eigenvalue weighted by Gasteiger charge is 2.13. The molecular weight excluding hydrogens is 282 g/mol. The molecule has 0 aliphatic rings. The van der Waals surface area contributed by atoms with Crippen LogP contribution in [0.4, 0.5) is 14.5 Å². The maximum Gasteiger partial charge on any atom is 0.387 e. The fraction of sp³-hybridized carbons (Fsp3) is 0.143.